The number of carbonyl (C=O) groups excluding carboxylic acids is 1. The van der Waals surface area contributed by atoms with Crippen molar-refractivity contribution in [1.82, 2.24) is 14.7 Å². The number of carbonyl (C=O) groups is 2. The first kappa shape index (κ1) is 16.2. The van der Waals surface area contributed by atoms with Crippen LogP contribution in [0.2, 0.25) is 0 Å². The number of benzene rings is 1. The third kappa shape index (κ3) is 3.04. The molecule has 2 aromatic rings. The summed E-state index contributed by atoms with van der Waals surface area (Å²) >= 11 is 0. The molecule has 0 saturated carbocycles. The van der Waals surface area contributed by atoms with Gasteiger partial charge in [0.15, 0.2) is 5.69 Å². The third-order valence-corrected chi connectivity index (χ3v) is 4.52. The monoisotopic (exact) mass is 327 g/mol. The Hall–Kier alpha value is -2.63. The molecule has 2 atom stereocenters. The topological polar surface area (TPSA) is 75.4 Å². The Morgan fingerprint density at radius 1 is 1.25 bits per heavy atom. The summed E-state index contributed by atoms with van der Waals surface area (Å²) in [6.07, 6.45) is 1.30. The largest absolute Gasteiger partial charge is 0.480 e. The van der Waals surface area contributed by atoms with Crippen molar-refractivity contribution in [2.75, 3.05) is 6.54 Å². The number of rotatable bonds is 3. The lowest BCUT2D eigenvalue weighted by molar-refractivity contribution is -0.144. The molecule has 3 rings (SSSR count). The van der Waals surface area contributed by atoms with Gasteiger partial charge in [0.25, 0.3) is 5.91 Å². The number of hydrogen-bond donors (Lipinski definition) is 1. The first-order chi connectivity index (χ1) is 11.5. The van der Waals surface area contributed by atoms with Gasteiger partial charge in [0.05, 0.1) is 5.69 Å². The van der Waals surface area contributed by atoms with Crippen LogP contribution >= 0.6 is 0 Å². The number of aryl methyl sites for hydroxylation is 1. The molecule has 24 heavy (non-hydrogen) atoms. The van der Waals surface area contributed by atoms with Gasteiger partial charge in [-0.3, -0.25) is 4.79 Å². The molecule has 1 aromatic carbocycles. The lowest BCUT2D eigenvalue weighted by Crippen LogP contribution is -2.49. The van der Waals surface area contributed by atoms with Gasteiger partial charge >= 0.3 is 5.97 Å². The van der Waals surface area contributed by atoms with E-state index in [0.717, 1.165) is 17.8 Å². The van der Waals surface area contributed by atoms with E-state index in [0.29, 0.717) is 18.9 Å². The molecule has 2 heterocycles. The van der Waals surface area contributed by atoms with Crippen LogP contribution in [0.15, 0.2) is 36.4 Å². The smallest absolute Gasteiger partial charge is 0.326 e. The number of aliphatic carboxylic acids is 1. The van der Waals surface area contributed by atoms with E-state index in [1.807, 2.05) is 44.2 Å². The highest BCUT2D eigenvalue weighted by atomic mass is 16.4. The van der Waals surface area contributed by atoms with Crippen LogP contribution in [0.1, 0.15) is 35.9 Å². The quantitative estimate of drug-likeness (QED) is 0.940. The van der Waals surface area contributed by atoms with E-state index in [9.17, 15) is 14.7 Å². The van der Waals surface area contributed by atoms with E-state index in [4.69, 9.17) is 0 Å². The standard InChI is InChI=1S/C18H21N3O3/c1-12-8-9-20(16(10-12)18(23)24)17(22)15-11-13(2)21(19-15)14-6-4-3-5-7-14/h3-7,11-12,16H,8-10H2,1-2H3,(H,23,24). The van der Waals surface area contributed by atoms with Gasteiger partial charge in [-0.05, 0) is 43.9 Å². The Balaban J connectivity index is 1.89. The second-order valence-electron chi connectivity index (χ2n) is 6.40. The number of carboxylic acids is 1. The highest BCUT2D eigenvalue weighted by Crippen LogP contribution is 2.24. The maximum atomic E-state index is 12.8. The summed E-state index contributed by atoms with van der Waals surface area (Å²) in [5.41, 5.74) is 2.00. The highest BCUT2D eigenvalue weighted by molar-refractivity contribution is 5.95. The number of aromatic nitrogens is 2. The predicted octanol–water partition coefficient (Wildman–Crippen LogP) is 2.51. The first-order valence-corrected chi connectivity index (χ1v) is 8.13. The molecular weight excluding hydrogens is 306 g/mol. The summed E-state index contributed by atoms with van der Waals surface area (Å²) in [4.78, 5) is 25.8. The van der Waals surface area contributed by atoms with Gasteiger partial charge in [0.1, 0.15) is 6.04 Å². The van der Waals surface area contributed by atoms with Gasteiger partial charge in [-0.25, -0.2) is 9.48 Å². The predicted molar refractivity (Wildman–Crippen MR) is 89.2 cm³/mol. The Morgan fingerprint density at radius 3 is 2.62 bits per heavy atom. The van der Waals surface area contributed by atoms with Crippen LogP contribution in [0.3, 0.4) is 0 Å². The number of amides is 1. The molecular formula is C18H21N3O3. The third-order valence-electron chi connectivity index (χ3n) is 4.52. The summed E-state index contributed by atoms with van der Waals surface area (Å²) < 4.78 is 1.70. The first-order valence-electron chi connectivity index (χ1n) is 8.13. The number of para-hydroxylation sites is 1. The summed E-state index contributed by atoms with van der Waals surface area (Å²) in [7, 11) is 0. The van der Waals surface area contributed by atoms with E-state index >= 15 is 0 Å². The fourth-order valence-electron chi connectivity index (χ4n) is 3.18. The van der Waals surface area contributed by atoms with Gasteiger partial charge in [0.2, 0.25) is 0 Å². The van der Waals surface area contributed by atoms with E-state index in [1.165, 1.54) is 4.90 Å². The molecule has 1 saturated heterocycles. The van der Waals surface area contributed by atoms with Crippen LogP contribution in [0.4, 0.5) is 0 Å². The zero-order chi connectivity index (χ0) is 17.3. The molecule has 126 valence electrons. The summed E-state index contributed by atoms with van der Waals surface area (Å²) in [5, 5.41) is 13.8. The van der Waals surface area contributed by atoms with E-state index in [-0.39, 0.29) is 11.6 Å². The minimum absolute atomic E-state index is 0.289. The minimum Gasteiger partial charge on any atom is -0.480 e. The number of nitrogens with zero attached hydrogens (tertiary/aromatic N) is 3. The number of hydrogen-bond acceptors (Lipinski definition) is 3. The van der Waals surface area contributed by atoms with Crippen LogP contribution in [0.5, 0.6) is 0 Å². The zero-order valence-electron chi connectivity index (χ0n) is 13.8. The van der Waals surface area contributed by atoms with Crippen molar-refractivity contribution in [3.05, 3.63) is 47.8 Å². The molecule has 1 aliphatic rings. The van der Waals surface area contributed by atoms with Crippen LogP contribution in [0.25, 0.3) is 5.69 Å². The van der Waals surface area contributed by atoms with Crippen LogP contribution < -0.4 is 0 Å². The zero-order valence-corrected chi connectivity index (χ0v) is 13.8. The fraction of sp³-hybridized carbons (Fsp3) is 0.389. The highest BCUT2D eigenvalue weighted by Gasteiger charge is 2.36. The molecule has 6 heteroatoms. The number of likely N-dealkylation sites (tertiary alicyclic amines) is 1. The van der Waals surface area contributed by atoms with E-state index in [2.05, 4.69) is 5.10 Å². The maximum absolute atomic E-state index is 12.8. The van der Waals surface area contributed by atoms with Crippen LogP contribution in [-0.4, -0.2) is 44.3 Å². The second-order valence-corrected chi connectivity index (χ2v) is 6.40. The lowest BCUT2D eigenvalue weighted by Gasteiger charge is -2.35. The van der Waals surface area contributed by atoms with Crippen molar-refractivity contribution >= 4 is 11.9 Å². The summed E-state index contributed by atoms with van der Waals surface area (Å²) in [6, 6.07) is 10.5. The van der Waals surface area contributed by atoms with Gasteiger partial charge < -0.3 is 10.0 Å². The number of piperidine rings is 1. The van der Waals surface area contributed by atoms with Crippen LogP contribution in [0, 0.1) is 12.8 Å². The van der Waals surface area contributed by atoms with Crippen molar-refractivity contribution in [3.63, 3.8) is 0 Å². The van der Waals surface area contributed by atoms with Gasteiger partial charge in [0, 0.05) is 12.2 Å². The lowest BCUT2D eigenvalue weighted by atomic mass is 9.92. The SMILES string of the molecule is Cc1cc(C(=O)N2CCC(C)CC2C(=O)O)nn1-c1ccccc1. The summed E-state index contributed by atoms with van der Waals surface area (Å²) in [5.74, 6) is -0.958. The molecule has 1 fully saturated rings. The van der Waals surface area contributed by atoms with Crippen molar-refractivity contribution in [3.8, 4) is 5.69 Å². The Labute approximate surface area is 140 Å². The maximum Gasteiger partial charge on any atom is 0.326 e. The van der Waals surface area contributed by atoms with Crippen molar-refractivity contribution in [1.29, 1.82) is 0 Å². The summed E-state index contributed by atoms with van der Waals surface area (Å²) in [6.45, 7) is 4.35. The Bertz CT molecular complexity index is 754. The molecule has 1 aliphatic heterocycles. The van der Waals surface area contributed by atoms with Crippen molar-refractivity contribution < 1.29 is 14.7 Å². The molecule has 1 N–H and O–H groups in total. The second kappa shape index (κ2) is 6.47. The number of carboxylic acid groups (broad SMARTS) is 1. The Kier molecular flexibility index (Phi) is 4.38. The molecule has 1 amide bonds. The fourth-order valence-corrected chi connectivity index (χ4v) is 3.18. The normalized spacial score (nSPS) is 20.8. The van der Waals surface area contributed by atoms with Crippen molar-refractivity contribution in [2.24, 2.45) is 5.92 Å². The molecule has 0 aliphatic carbocycles. The molecule has 0 radical (unpaired) electrons. The Morgan fingerprint density at radius 2 is 1.96 bits per heavy atom. The molecule has 2 unspecified atom stereocenters. The average Bonchev–Trinajstić information content (AvgIpc) is 2.96. The van der Waals surface area contributed by atoms with E-state index < -0.39 is 12.0 Å². The van der Waals surface area contributed by atoms with Gasteiger partial charge in [-0.15, -0.1) is 0 Å². The molecule has 1 aromatic heterocycles. The van der Waals surface area contributed by atoms with E-state index in [1.54, 1.807) is 10.7 Å². The van der Waals surface area contributed by atoms with Gasteiger partial charge in [-0.1, -0.05) is 25.1 Å². The van der Waals surface area contributed by atoms with Gasteiger partial charge in [-0.2, -0.15) is 5.10 Å². The molecule has 0 bridgehead atoms. The molecule has 6 nitrogen and oxygen atoms in total. The molecule has 0 spiro atoms. The van der Waals surface area contributed by atoms with Crippen molar-refractivity contribution in [2.45, 2.75) is 32.7 Å². The van der Waals surface area contributed by atoms with Crippen LogP contribution in [-0.2, 0) is 4.79 Å². The minimum atomic E-state index is -0.950. The average molecular weight is 327 g/mol.